The molecule has 5 nitrogen and oxygen atoms in total. The Morgan fingerprint density at radius 2 is 2.26 bits per heavy atom. The van der Waals surface area contributed by atoms with Crippen molar-refractivity contribution in [2.45, 2.75) is 19.8 Å². The van der Waals surface area contributed by atoms with E-state index in [2.05, 4.69) is 22.5 Å². The fourth-order valence-corrected chi connectivity index (χ4v) is 1.57. The van der Waals surface area contributed by atoms with Crippen molar-refractivity contribution < 1.29 is 9.21 Å². The molecule has 0 atom stereocenters. The Labute approximate surface area is 112 Å². The third-order valence-corrected chi connectivity index (χ3v) is 2.60. The number of hydrogen-bond donors (Lipinski definition) is 2. The molecule has 1 amide bonds. The van der Waals surface area contributed by atoms with Gasteiger partial charge in [-0.2, -0.15) is 0 Å². The number of carbonyl (C=O) groups is 1. The largest absolute Gasteiger partial charge is 0.459 e. The molecule has 0 radical (unpaired) electrons. The van der Waals surface area contributed by atoms with E-state index in [4.69, 9.17) is 4.42 Å². The zero-order valence-corrected chi connectivity index (χ0v) is 10.8. The van der Waals surface area contributed by atoms with Gasteiger partial charge in [-0.25, -0.2) is 4.98 Å². The van der Waals surface area contributed by atoms with Crippen molar-refractivity contribution in [3.63, 3.8) is 0 Å². The van der Waals surface area contributed by atoms with Gasteiger partial charge in [-0.3, -0.25) is 4.79 Å². The fraction of sp³-hybridized carbons (Fsp3) is 0.286. The topological polar surface area (TPSA) is 67.2 Å². The smallest absolute Gasteiger partial charge is 0.291 e. The number of nitrogens with one attached hydrogen (secondary N) is 2. The molecule has 2 aromatic rings. The summed E-state index contributed by atoms with van der Waals surface area (Å²) < 4.78 is 5.01. The first-order valence-electron chi connectivity index (χ1n) is 6.34. The van der Waals surface area contributed by atoms with E-state index in [1.807, 2.05) is 12.1 Å². The van der Waals surface area contributed by atoms with E-state index in [0.717, 1.165) is 25.2 Å². The number of pyridine rings is 1. The van der Waals surface area contributed by atoms with E-state index >= 15 is 0 Å². The molecule has 2 rings (SSSR count). The molecule has 0 saturated carbocycles. The highest BCUT2D eigenvalue weighted by Crippen LogP contribution is 2.11. The van der Waals surface area contributed by atoms with E-state index in [9.17, 15) is 4.79 Å². The summed E-state index contributed by atoms with van der Waals surface area (Å²) in [7, 11) is 0. The Balaban J connectivity index is 1.90. The van der Waals surface area contributed by atoms with E-state index < -0.39 is 0 Å². The molecule has 2 N–H and O–H groups in total. The van der Waals surface area contributed by atoms with Crippen molar-refractivity contribution in [2.24, 2.45) is 0 Å². The van der Waals surface area contributed by atoms with Crippen molar-refractivity contribution in [1.82, 2.24) is 4.98 Å². The van der Waals surface area contributed by atoms with Crippen molar-refractivity contribution in [1.29, 1.82) is 0 Å². The predicted molar refractivity (Wildman–Crippen MR) is 74.3 cm³/mol. The quantitative estimate of drug-likeness (QED) is 0.782. The zero-order chi connectivity index (χ0) is 13.5. The molecule has 2 heterocycles. The van der Waals surface area contributed by atoms with Crippen LogP contribution in [-0.2, 0) is 0 Å². The highest BCUT2D eigenvalue weighted by molar-refractivity contribution is 6.02. The van der Waals surface area contributed by atoms with E-state index in [1.165, 1.54) is 6.26 Å². The third-order valence-electron chi connectivity index (χ3n) is 2.60. The molecule has 0 bridgehead atoms. The van der Waals surface area contributed by atoms with Crippen LogP contribution >= 0.6 is 0 Å². The first-order valence-corrected chi connectivity index (χ1v) is 6.34. The minimum atomic E-state index is -0.279. The minimum absolute atomic E-state index is 0.279. The minimum Gasteiger partial charge on any atom is -0.459 e. The molecule has 0 aromatic carbocycles. The summed E-state index contributed by atoms with van der Waals surface area (Å²) in [6.45, 7) is 3.05. The van der Waals surface area contributed by atoms with Crippen LogP contribution < -0.4 is 10.6 Å². The standard InChI is InChI=1S/C14H17N3O2/c1-2-3-8-15-13-7-6-11(10-16-13)17-14(18)12-5-4-9-19-12/h4-7,9-10H,2-3,8H2,1H3,(H,15,16)(H,17,18). The monoisotopic (exact) mass is 259 g/mol. The number of amides is 1. The van der Waals surface area contributed by atoms with Gasteiger partial charge >= 0.3 is 0 Å². The number of nitrogens with zero attached hydrogens (tertiary/aromatic N) is 1. The van der Waals surface area contributed by atoms with Crippen LogP contribution in [0.3, 0.4) is 0 Å². The lowest BCUT2D eigenvalue weighted by molar-refractivity contribution is 0.0996. The number of aromatic nitrogens is 1. The summed E-state index contributed by atoms with van der Waals surface area (Å²) in [4.78, 5) is 16.0. The fourth-order valence-electron chi connectivity index (χ4n) is 1.57. The molecular weight excluding hydrogens is 242 g/mol. The highest BCUT2D eigenvalue weighted by atomic mass is 16.3. The Morgan fingerprint density at radius 3 is 2.89 bits per heavy atom. The van der Waals surface area contributed by atoms with Gasteiger partial charge in [-0.05, 0) is 30.7 Å². The lowest BCUT2D eigenvalue weighted by Gasteiger charge is -2.06. The molecule has 0 aliphatic heterocycles. The maximum Gasteiger partial charge on any atom is 0.291 e. The van der Waals surface area contributed by atoms with Crippen LogP contribution in [0.5, 0.6) is 0 Å². The molecule has 100 valence electrons. The number of anilines is 2. The Hall–Kier alpha value is -2.30. The second kappa shape index (κ2) is 6.58. The van der Waals surface area contributed by atoms with Gasteiger partial charge in [0.15, 0.2) is 5.76 Å². The number of unbranched alkanes of at least 4 members (excludes halogenated alkanes) is 1. The average molecular weight is 259 g/mol. The van der Waals surface area contributed by atoms with Crippen molar-refractivity contribution >= 4 is 17.4 Å². The molecule has 5 heteroatoms. The second-order valence-corrected chi connectivity index (χ2v) is 4.14. The summed E-state index contributed by atoms with van der Waals surface area (Å²) in [6, 6.07) is 6.94. The SMILES string of the molecule is CCCCNc1ccc(NC(=O)c2ccco2)cn1. The van der Waals surface area contributed by atoms with E-state index in [-0.39, 0.29) is 11.7 Å². The van der Waals surface area contributed by atoms with Crippen molar-refractivity contribution in [2.75, 3.05) is 17.2 Å². The molecule has 0 aliphatic rings. The molecule has 0 spiro atoms. The van der Waals surface area contributed by atoms with E-state index in [1.54, 1.807) is 18.3 Å². The normalized spacial score (nSPS) is 10.2. The highest BCUT2D eigenvalue weighted by Gasteiger charge is 2.08. The lowest BCUT2D eigenvalue weighted by atomic mass is 10.3. The number of furan rings is 1. The molecular formula is C14H17N3O2. The molecule has 0 unspecified atom stereocenters. The summed E-state index contributed by atoms with van der Waals surface area (Å²) in [5.41, 5.74) is 0.641. The summed E-state index contributed by atoms with van der Waals surface area (Å²) >= 11 is 0. The number of rotatable bonds is 6. The van der Waals surface area contributed by atoms with Crippen LogP contribution in [0.2, 0.25) is 0 Å². The third kappa shape index (κ3) is 3.84. The van der Waals surface area contributed by atoms with Crippen molar-refractivity contribution in [3.8, 4) is 0 Å². The van der Waals surface area contributed by atoms with Crippen LogP contribution in [0, 0.1) is 0 Å². The first-order chi connectivity index (χ1) is 9.29. The predicted octanol–water partition coefficient (Wildman–Crippen LogP) is 3.14. The number of hydrogen-bond acceptors (Lipinski definition) is 4. The second-order valence-electron chi connectivity index (χ2n) is 4.14. The van der Waals surface area contributed by atoms with Gasteiger partial charge in [0, 0.05) is 6.54 Å². The van der Waals surface area contributed by atoms with Gasteiger partial charge in [-0.15, -0.1) is 0 Å². The summed E-state index contributed by atoms with van der Waals surface area (Å²) in [5, 5.41) is 5.93. The van der Waals surface area contributed by atoms with Crippen LogP contribution in [0.15, 0.2) is 41.1 Å². The number of carbonyl (C=O) groups excluding carboxylic acids is 1. The molecule has 19 heavy (non-hydrogen) atoms. The van der Waals surface area contributed by atoms with Gasteiger partial charge in [0.1, 0.15) is 5.82 Å². The lowest BCUT2D eigenvalue weighted by Crippen LogP contribution is -2.11. The summed E-state index contributed by atoms with van der Waals surface area (Å²) in [6.07, 6.45) is 5.34. The maximum atomic E-state index is 11.7. The van der Waals surface area contributed by atoms with E-state index in [0.29, 0.717) is 5.69 Å². The van der Waals surface area contributed by atoms with Crippen LogP contribution in [0.4, 0.5) is 11.5 Å². The molecule has 0 saturated heterocycles. The Bertz CT molecular complexity index is 506. The molecule has 0 aliphatic carbocycles. The summed E-state index contributed by atoms with van der Waals surface area (Å²) in [5.74, 6) is 0.813. The Kier molecular flexibility index (Phi) is 4.55. The van der Waals surface area contributed by atoms with Crippen LogP contribution in [-0.4, -0.2) is 17.4 Å². The van der Waals surface area contributed by atoms with Crippen LogP contribution in [0.25, 0.3) is 0 Å². The maximum absolute atomic E-state index is 11.7. The van der Waals surface area contributed by atoms with Gasteiger partial charge in [0.2, 0.25) is 0 Å². The van der Waals surface area contributed by atoms with Gasteiger partial charge in [0.25, 0.3) is 5.91 Å². The molecule has 0 fully saturated rings. The average Bonchev–Trinajstić information content (AvgIpc) is 2.95. The Morgan fingerprint density at radius 1 is 1.37 bits per heavy atom. The van der Waals surface area contributed by atoms with Crippen molar-refractivity contribution in [3.05, 3.63) is 42.5 Å². The van der Waals surface area contributed by atoms with Gasteiger partial charge < -0.3 is 15.1 Å². The molecule has 2 aromatic heterocycles. The van der Waals surface area contributed by atoms with Gasteiger partial charge in [0.05, 0.1) is 18.1 Å². The van der Waals surface area contributed by atoms with Gasteiger partial charge in [-0.1, -0.05) is 13.3 Å². The zero-order valence-electron chi connectivity index (χ0n) is 10.8. The van der Waals surface area contributed by atoms with Crippen LogP contribution in [0.1, 0.15) is 30.3 Å². The first kappa shape index (κ1) is 13.1.